The SMILES string of the molecule is CC(S)NC(=O)NC(C)B1CC1. The number of carbonyl (C=O) groups excluding carboxylic acids is 1. The average molecular weight is 186 g/mol. The Hall–Kier alpha value is -0.315. The number of rotatable bonds is 3. The van der Waals surface area contributed by atoms with E-state index in [4.69, 9.17) is 0 Å². The maximum Gasteiger partial charge on any atom is 0.315 e. The summed E-state index contributed by atoms with van der Waals surface area (Å²) in [6.07, 6.45) is 2.50. The summed E-state index contributed by atoms with van der Waals surface area (Å²) in [7, 11) is 0. The first-order chi connectivity index (χ1) is 5.59. The van der Waals surface area contributed by atoms with E-state index in [1.807, 2.05) is 13.8 Å². The van der Waals surface area contributed by atoms with Gasteiger partial charge >= 0.3 is 6.03 Å². The van der Waals surface area contributed by atoms with Crippen LogP contribution in [0.25, 0.3) is 0 Å². The molecule has 0 aromatic rings. The Balaban J connectivity index is 2.15. The lowest BCUT2D eigenvalue weighted by molar-refractivity contribution is 0.240. The van der Waals surface area contributed by atoms with E-state index in [1.165, 1.54) is 12.6 Å². The molecule has 1 heterocycles. The molecule has 0 bridgehead atoms. The van der Waals surface area contributed by atoms with Gasteiger partial charge in [0.1, 0.15) is 0 Å². The van der Waals surface area contributed by atoms with Gasteiger partial charge in [0.25, 0.3) is 0 Å². The average Bonchev–Trinajstić information content (AvgIpc) is 2.63. The second kappa shape index (κ2) is 4.07. The molecule has 1 rings (SSSR count). The molecule has 0 spiro atoms. The van der Waals surface area contributed by atoms with Crippen LogP contribution < -0.4 is 10.6 Å². The predicted molar refractivity (Wildman–Crippen MR) is 54.9 cm³/mol. The largest absolute Gasteiger partial charge is 0.343 e. The number of amides is 2. The lowest BCUT2D eigenvalue weighted by atomic mass is 9.63. The summed E-state index contributed by atoms with van der Waals surface area (Å²) in [5.74, 6) is 0.303. The van der Waals surface area contributed by atoms with Crippen LogP contribution in [0.5, 0.6) is 0 Å². The standard InChI is InChI=1S/C7H15BN2OS/c1-5(8-3-4-8)9-7(11)10-6(2)12/h5-6,12H,3-4H2,1-2H3,(H2,9,10,11). The molecule has 1 aliphatic heterocycles. The molecule has 1 saturated heterocycles. The van der Waals surface area contributed by atoms with Crippen molar-refractivity contribution in [1.82, 2.24) is 10.6 Å². The molecule has 0 saturated carbocycles. The highest BCUT2D eigenvalue weighted by Gasteiger charge is 2.33. The fourth-order valence-corrected chi connectivity index (χ4v) is 1.27. The molecule has 68 valence electrons. The van der Waals surface area contributed by atoms with Crippen molar-refractivity contribution in [3.63, 3.8) is 0 Å². The van der Waals surface area contributed by atoms with Gasteiger partial charge < -0.3 is 10.6 Å². The maximum absolute atomic E-state index is 11.1. The molecule has 0 radical (unpaired) electrons. The van der Waals surface area contributed by atoms with E-state index in [0.29, 0.717) is 12.7 Å². The predicted octanol–water partition coefficient (Wildman–Crippen LogP) is 0.998. The monoisotopic (exact) mass is 186 g/mol. The van der Waals surface area contributed by atoms with Gasteiger partial charge in [-0.1, -0.05) is 19.6 Å². The van der Waals surface area contributed by atoms with Crippen LogP contribution in [-0.4, -0.2) is 24.1 Å². The molecule has 12 heavy (non-hydrogen) atoms. The summed E-state index contributed by atoms with van der Waals surface area (Å²) in [6.45, 7) is 4.57. The van der Waals surface area contributed by atoms with Crippen molar-refractivity contribution in [2.75, 3.05) is 0 Å². The molecule has 0 aromatic heterocycles. The summed E-state index contributed by atoms with van der Waals surface area (Å²) in [4.78, 5) is 11.1. The number of thiol groups is 1. The van der Waals surface area contributed by atoms with E-state index >= 15 is 0 Å². The van der Waals surface area contributed by atoms with Gasteiger partial charge in [0.05, 0.1) is 5.37 Å². The van der Waals surface area contributed by atoms with E-state index in [0.717, 1.165) is 0 Å². The number of urea groups is 1. The minimum atomic E-state index is -0.114. The van der Waals surface area contributed by atoms with Gasteiger partial charge in [0, 0.05) is 5.94 Å². The number of hydrogen-bond acceptors (Lipinski definition) is 2. The second-order valence-corrected chi connectivity index (χ2v) is 4.19. The van der Waals surface area contributed by atoms with Crippen LogP contribution in [0.2, 0.25) is 12.6 Å². The van der Waals surface area contributed by atoms with Crippen LogP contribution in [-0.2, 0) is 0 Å². The van der Waals surface area contributed by atoms with Crippen molar-refractivity contribution < 1.29 is 4.79 Å². The topological polar surface area (TPSA) is 41.1 Å². The van der Waals surface area contributed by atoms with E-state index in [2.05, 4.69) is 23.3 Å². The molecule has 2 atom stereocenters. The van der Waals surface area contributed by atoms with Crippen LogP contribution >= 0.6 is 12.6 Å². The van der Waals surface area contributed by atoms with Gasteiger partial charge in [0.15, 0.2) is 6.71 Å². The molecule has 5 heteroatoms. The maximum atomic E-state index is 11.1. The Morgan fingerprint density at radius 2 is 2.00 bits per heavy atom. The zero-order valence-electron chi connectivity index (χ0n) is 7.50. The summed E-state index contributed by atoms with van der Waals surface area (Å²) >= 11 is 4.06. The van der Waals surface area contributed by atoms with Gasteiger partial charge in [-0.15, -0.1) is 0 Å². The zero-order chi connectivity index (χ0) is 9.14. The molecule has 3 nitrogen and oxygen atoms in total. The van der Waals surface area contributed by atoms with E-state index in [1.54, 1.807) is 0 Å². The Kier molecular flexibility index (Phi) is 3.32. The van der Waals surface area contributed by atoms with Gasteiger partial charge in [-0.25, -0.2) is 4.79 Å². The third-order valence-corrected chi connectivity index (χ3v) is 2.16. The van der Waals surface area contributed by atoms with Crippen LogP contribution in [0.1, 0.15) is 13.8 Å². The first-order valence-corrected chi connectivity index (χ1v) is 4.86. The third kappa shape index (κ3) is 3.39. The zero-order valence-corrected chi connectivity index (χ0v) is 8.40. The minimum Gasteiger partial charge on any atom is -0.343 e. The molecule has 0 aromatic carbocycles. The molecular weight excluding hydrogens is 171 g/mol. The van der Waals surface area contributed by atoms with Crippen molar-refractivity contribution in [2.45, 2.75) is 37.8 Å². The van der Waals surface area contributed by atoms with Crippen LogP contribution in [0.3, 0.4) is 0 Å². The fraction of sp³-hybridized carbons (Fsp3) is 0.857. The smallest absolute Gasteiger partial charge is 0.315 e. The fourth-order valence-electron chi connectivity index (χ4n) is 1.15. The molecule has 0 aliphatic carbocycles. The lowest BCUT2D eigenvalue weighted by Crippen LogP contribution is -2.45. The van der Waals surface area contributed by atoms with Gasteiger partial charge in [-0.3, -0.25) is 0 Å². The Labute approximate surface area is 79.2 Å². The van der Waals surface area contributed by atoms with Gasteiger partial charge in [-0.2, -0.15) is 12.6 Å². The first kappa shape index (κ1) is 9.77. The minimum absolute atomic E-state index is 0.0867. The number of hydrogen-bond donors (Lipinski definition) is 3. The Morgan fingerprint density at radius 1 is 1.42 bits per heavy atom. The Morgan fingerprint density at radius 3 is 2.42 bits per heavy atom. The summed E-state index contributed by atoms with van der Waals surface area (Å²) in [5, 5.41) is 5.46. The molecular formula is C7H15BN2OS. The van der Waals surface area contributed by atoms with E-state index < -0.39 is 0 Å². The summed E-state index contributed by atoms with van der Waals surface area (Å²) in [5.41, 5.74) is 0. The summed E-state index contributed by atoms with van der Waals surface area (Å²) in [6, 6.07) is -0.114. The second-order valence-electron chi connectivity index (χ2n) is 3.42. The lowest BCUT2D eigenvalue weighted by Gasteiger charge is -2.14. The number of carbonyl (C=O) groups is 1. The van der Waals surface area contributed by atoms with Crippen molar-refractivity contribution >= 4 is 25.4 Å². The molecule has 2 N–H and O–H groups in total. The van der Waals surface area contributed by atoms with Crippen molar-refractivity contribution in [1.29, 1.82) is 0 Å². The molecule has 1 aliphatic rings. The van der Waals surface area contributed by atoms with Crippen LogP contribution in [0.4, 0.5) is 4.79 Å². The first-order valence-electron chi connectivity index (χ1n) is 4.34. The molecule has 2 unspecified atom stereocenters. The molecule has 2 amide bonds. The van der Waals surface area contributed by atoms with Crippen molar-refractivity contribution in [3.05, 3.63) is 0 Å². The van der Waals surface area contributed by atoms with Gasteiger partial charge in [-0.05, 0) is 6.92 Å². The number of nitrogens with one attached hydrogen (secondary N) is 2. The van der Waals surface area contributed by atoms with Crippen LogP contribution in [0.15, 0.2) is 0 Å². The van der Waals surface area contributed by atoms with Crippen molar-refractivity contribution in [3.8, 4) is 0 Å². The highest BCUT2D eigenvalue weighted by atomic mass is 32.1. The van der Waals surface area contributed by atoms with E-state index in [-0.39, 0.29) is 11.4 Å². The summed E-state index contributed by atoms with van der Waals surface area (Å²) < 4.78 is 0. The third-order valence-electron chi connectivity index (χ3n) is 2.03. The van der Waals surface area contributed by atoms with Crippen molar-refractivity contribution in [2.24, 2.45) is 0 Å². The van der Waals surface area contributed by atoms with Gasteiger partial charge in [0.2, 0.25) is 0 Å². The normalized spacial score (nSPS) is 19.8. The Bertz CT molecular complexity index is 173. The highest BCUT2D eigenvalue weighted by molar-refractivity contribution is 7.80. The quantitative estimate of drug-likeness (QED) is 0.343. The van der Waals surface area contributed by atoms with Crippen LogP contribution in [0, 0.1) is 0 Å². The molecule has 1 fully saturated rings. The highest BCUT2D eigenvalue weighted by Crippen LogP contribution is 2.24. The van der Waals surface area contributed by atoms with E-state index in [9.17, 15) is 4.79 Å².